The highest BCUT2D eigenvalue weighted by Crippen LogP contribution is 2.22. The molecule has 0 aliphatic carbocycles. The lowest BCUT2D eigenvalue weighted by molar-refractivity contribution is -0.385. The number of carbonyl (C=O) groups is 1. The summed E-state index contributed by atoms with van der Waals surface area (Å²) in [5, 5.41) is 23.2. The van der Waals surface area contributed by atoms with Gasteiger partial charge in [0.15, 0.2) is 0 Å². The van der Waals surface area contributed by atoms with Crippen molar-refractivity contribution in [3.63, 3.8) is 0 Å². The number of nitrogens with zero attached hydrogens (tertiary/aromatic N) is 1. The predicted molar refractivity (Wildman–Crippen MR) is 79.3 cm³/mol. The van der Waals surface area contributed by atoms with Gasteiger partial charge in [0.05, 0.1) is 4.92 Å². The molecule has 6 nitrogen and oxygen atoms in total. The van der Waals surface area contributed by atoms with Crippen molar-refractivity contribution in [3.8, 4) is 0 Å². The Morgan fingerprint density at radius 1 is 1.55 bits per heavy atom. The molecular formula is C13H18N2O4S. The summed E-state index contributed by atoms with van der Waals surface area (Å²) >= 11 is 1.75. The van der Waals surface area contributed by atoms with Crippen LogP contribution in [0.15, 0.2) is 18.2 Å². The first-order chi connectivity index (χ1) is 9.47. The Hall–Kier alpha value is -1.60. The third kappa shape index (κ3) is 4.50. The Bertz CT molecular complexity index is 493. The van der Waals surface area contributed by atoms with Crippen molar-refractivity contribution >= 4 is 23.4 Å². The Kier molecular flexibility index (Phi) is 6.47. The summed E-state index contributed by atoms with van der Waals surface area (Å²) in [7, 11) is 0. The average Bonchev–Trinajstić information content (AvgIpc) is 2.38. The summed E-state index contributed by atoms with van der Waals surface area (Å²) in [6, 6.07) is 4.32. The molecular weight excluding hydrogens is 280 g/mol. The summed E-state index contributed by atoms with van der Waals surface area (Å²) in [6.07, 6.45) is 2.03. The minimum absolute atomic E-state index is 0.234. The zero-order valence-electron chi connectivity index (χ0n) is 11.5. The topological polar surface area (TPSA) is 92.5 Å². The van der Waals surface area contributed by atoms with Crippen molar-refractivity contribution in [2.75, 3.05) is 18.6 Å². The molecule has 1 atom stereocenters. The number of carboxylic acid groups (broad SMARTS) is 1. The number of nitro benzene ring substituents is 1. The van der Waals surface area contributed by atoms with Crippen molar-refractivity contribution in [1.29, 1.82) is 0 Å². The molecule has 2 N–H and O–H groups in total. The molecule has 0 bridgehead atoms. The summed E-state index contributed by atoms with van der Waals surface area (Å²) in [5.41, 5.74) is -0.167. The zero-order chi connectivity index (χ0) is 15.1. The van der Waals surface area contributed by atoms with Crippen LogP contribution in [0, 0.1) is 16.0 Å². The van der Waals surface area contributed by atoms with Gasteiger partial charge >= 0.3 is 5.97 Å². The van der Waals surface area contributed by atoms with Gasteiger partial charge in [0.2, 0.25) is 0 Å². The highest BCUT2D eigenvalue weighted by Gasteiger charge is 2.22. The lowest BCUT2D eigenvalue weighted by Crippen LogP contribution is -2.23. The Labute approximate surface area is 121 Å². The number of carboxylic acids is 1. The van der Waals surface area contributed by atoms with Gasteiger partial charge in [-0.25, -0.2) is 4.79 Å². The van der Waals surface area contributed by atoms with E-state index in [0.29, 0.717) is 18.0 Å². The van der Waals surface area contributed by atoms with Crippen LogP contribution in [0.2, 0.25) is 0 Å². The predicted octanol–water partition coefficient (Wildman–Crippen LogP) is 2.38. The van der Waals surface area contributed by atoms with Crippen LogP contribution < -0.4 is 5.32 Å². The maximum absolute atomic E-state index is 11.2. The first-order valence-electron chi connectivity index (χ1n) is 6.16. The van der Waals surface area contributed by atoms with Crippen molar-refractivity contribution in [2.24, 2.45) is 5.92 Å². The van der Waals surface area contributed by atoms with E-state index >= 15 is 0 Å². The lowest BCUT2D eigenvalue weighted by atomic mass is 10.1. The minimum atomic E-state index is -1.27. The molecule has 0 fully saturated rings. The molecule has 0 amide bonds. The Morgan fingerprint density at radius 3 is 2.80 bits per heavy atom. The lowest BCUT2D eigenvalue weighted by Gasteiger charge is -2.12. The van der Waals surface area contributed by atoms with Gasteiger partial charge in [0, 0.05) is 12.6 Å². The van der Waals surface area contributed by atoms with E-state index in [9.17, 15) is 14.9 Å². The number of benzene rings is 1. The monoisotopic (exact) mass is 298 g/mol. The molecule has 1 rings (SSSR count). The van der Waals surface area contributed by atoms with Gasteiger partial charge in [-0.3, -0.25) is 10.1 Å². The summed E-state index contributed by atoms with van der Waals surface area (Å²) in [4.78, 5) is 21.4. The molecule has 20 heavy (non-hydrogen) atoms. The van der Waals surface area contributed by atoms with Gasteiger partial charge in [0.25, 0.3) is 5.69 Å². The second kappa shape index (κ2) is 7.86. The summed E-state index contributed by atoms with van der Waals surface area (Å²) < 4.78 is 0. The highest BCUT2D eigenvalue weighted by molar-refractivity contribution is 7.98. The first kappa shape index (κ1) is 16.5. The fourth-order valence-corrected chi connectivity index (χ4v) is 2.62. The fraction of sp³-hybridized carbons (Fsp3) is 0.462. The molecule has 0 radical (unpaired) electrons. The number of hydrogen-bond donors (Lipinski definition) is 2. The van der Waals surface area contributed by atoms with E-state index in [-0.39, 0.29) is 11.3 Å². The average molecular weight is 298 g/mol. The largest absolute Gasteiger partial charge is 0.477 e. The standard InChI is InChI=1S/C13H18N2O4S/c1-9(8-20-2)6-14-7-10-4-3-5-11(15(18)19)12(10)13(16)17/h3-5,9,14H,6-8H2,1-2H3,(H,16,17). The van der Waals surface area contributed by atoms with Crippen LogP contribution in [0.1, 0.15) is 22.8 Å². The van der Waals surface area contributed by atoms with Crippen molar-refractivity contribution in [1.82, 2.24) is 5.32 Å². The van der Waals surface area contributed by atoms with Gasteiger partial charge in [-0.2, -0.15) is 11.8 Å². The van der Waals surface area contributed by atoms with E-state index < -0.39 is 10.9 Å². The maximum atomic E-state index is 11.2. The van der Waals surface area contributed by atoms with Gasteiger partial charge < -0.3 is 10.4 Å². The van der Waals surface area contributed by atoms with Crippen molar-refractivity contribution in [3.05, 3.63) is 39.4 Å². The molecule has 0 saturated heterocycles. The van der Waals surface area contributed by atoms with Crippen LogP contribution in [0.5, 0.6) is 0 Å². The third-order valence-corrected chi connectivity index (χ3v) is 3.70. The molecule has 0 aromatic heterocycles. The molecule has 7 heteroatoms. The molecule has 0 aliphatic heterocycles. The quantitative estimate of drug-likeness (QED) is 0.565. The number of nitrogens with one attached hydrogen (secondary N) is 1. The van der Waals surface area contributed by atoms with Crippen LogP contribution in [-0.4, -0.2) is 34.6 Å². The van der Waals surface area contributed by atoms with E-state index in [0.717, 1.165) is 12.3 Å². The molecule has 0 aliphatic rings. The normalized spacial score (nSPS) is 12.1. The van der Waals surface area contributed by atoms with Gasteiger partial charge in [-0.05, 0) is 30.0 Å². The van der Waals surface area contributed by atoms with E-state index in [1.165, 1.54) is 12.1 Å². The van der Waals surface area contributed by atoms with E-state index in [1.54, 1.807) is 17.8 Å². The van der Waals surface area contributed by atoms with Crippen LogP contribution in [0.4, 0.5) is 5.69 Å². The fourth-order valence-electron chi connectivity index (χ4n) is 1.93. The van der Waals surface area contributed by atoms with Crippen molar-refractivity contribution < 1.29 is 14.8 Å². The number of rotatable bonds is 8. The molecule has 110 valence electrons. The molecule has 1 aromatic carbocycles. The second-order valence-corrected chi connectivity index (χ2v) is 5.48. The van der Waals surface area contributed by atoms with E-state index in [1.807, 2.05) is 6.26 Å². The maximum Gasteiger partial charge on any atom is 0.343 e. The van der Waals surface area contributed by atoms with Crippen LogP contribution in [0.25, 0.3) is 0 Å². The molecule has 0 heterocycles. The number of hydrogen-bond acceptors (Lipinski definition) is 5. The molecule has 1 unspecified atom stereocenters. The highest BCUT2D eigenvalue weighted by atomic mass is 32.2. The van der Waals surface area contributed by atoms with Gasteiger partial charge in [-0.1, -0.05) is 19.1 Å². The number of thioether (sulfide) groups is 1. The Balaban J connectivity index is 2.82. The van der Waals surface area contributed by atoms with Crippen LogP contribution in [0.3, 0.4) is 0 Å². The molecule has 0 saturated carbocycles. The van der Waals surface area contributed by atoms with E-state index in [2.05, 4.69) is 12.2 Å². The van der Waals surface area contributed by atoms with Gasteiger partial charge in [0.1, 0.15) is 5.56 Å². The first-order valence-corrected chi connectivity index (χ1v) is 7.56. The second-order valence-electron chi connectivity index (χ2n) is 4.56. The van der Waals surface area contributed by atoms with Crippen LogP contribution >= 0.6 is 11.8 Å². The van der Waals surface area contributed by atoms with Crippen molar-refractivity contribution in [2.45, 2.75) is 13.5 Å². The number of nitro groups is 1. The summed E-state index contributed by atoms with van der Waals surface area (Å²) in [6.45, 7) is 3.14. The smallest absolute Gasteiger partial charge is 0.343 e. The van der Waals surface area contributed by atoms with E-state index in [4.69, 9.17) is 5.11 Å². The molecule has 0 spiro atoms. The number of aromatic carboxylic acids is 1. The molecule has 1 aromatic rings. The van der Waals surface area contributed by atoms with Gasteiger partial charge in [-0.15, -0.1) is 0 Å². The Morgan fingerprint density at radius 2 is 2.25 bits per heavy atom. The van der Waals surface area contributed by atoms with Crippen LogP contribution in [-0.2, 0) is 6.54 Å². The minimum Gasteiger partial charge on any atom is -0.477 e. The third-order valence-electron chi connectivity index (χ3n) is 2.80. The zero-order valence-corrected chi connectivity index (χ0v) is 12.3. The SMILES string of the molecule is CSCC(C)CNCc1cccc([N+](=O)[O-])c1C(=O)O. The summed E-state index contributed by atoms with van der Waals surface area (Å²) in [5.74, 6) is 0.191.